The number of Topliss-reactive ketones (excluding diaryl/α,β-unsaturated/α-hetero) is 1. The molecule has 21 heavy (non-hydrogen) atoms. The van der Waals surface area contributed by atoms with E-state index >= 15 is 0 Å². The van der Waals surface area contributed by atoms with E-state index in [1.807, 2.05) is 26.0 Å². The summed E-state index contributed by atoms with van der Waals surface area (Å²) in [7, 11) is 0. The van der Waals surface area contributed by atoms with Gasteiger partial charge < -0.3 is 11.3 Å². The highest BCUT2D eigenvalue weighted by Crippen LogP contribution is 2.17. The second-order valence-corrected chi connectivity index (χ2v) is 4.75. The molecule has 0 saturated heterocycles. The van der Waals surface area contributed by atoms with Gasteiger partial charge in [0.15, 0.2) is 5.78 Å². The van der Waals surface area contributed by atoms with Gasteiger partial charge in [-0.05, 0) is 19.4 Å². The summed E-state index contributed by atoms with van der Waals surface area (Å²) >= 11 is 0. The van der Waals surface area contributed by atoms with E-state index in [0.717, 1.165) is 0 Å². The molecule has 4 N–H and O–H groups in total. The molecule has 112 valence electrons. The lowest BCUT2D eigenvalue weighted by atomic mass is 10.0. The zero-order chi connectivity index (χ0) is 15.0. The molecule has 0 saturated carbocycles. The number of carbonyl (C=O) groups is 1. The third kappa shape index (κ3) is 6.65. The number of aliphatic hydroxyl groups is 1. The number of allylic oxidation sites excluding steroid dienone is 1. The Morgan fingerprint density at radius 2 is 1.33 bits per heavy atom. The largest absolute Gasteiger partial charge is 0.380 e. The van der Waals surface area contributed by atoms with Crippen LogP contribution < -0.4 is 6.15 Å². The summed E-state index contributed by atoms with van der Waals surface area (Å²) in [4.78, 5) is 11.9. The number of ketones is 1. The van der Waals surface area contributed by atoms with Crippen molar-refractivity contribution >= 4 is 5.78 Å². The summed E-state index contributed by atoms with van der Waals surface area (Å²) < 4.78 is 0. The molecular formula is C18H23NO2. The molecule has 0 aliphatic heterocycles. The monoisotopic (exact) mass is 285 g/mol. The molecule has 0 amide bonds. The van der Waals surface area contributed by atoms with Crippen molar-refractivity contribution in [3.63, 3.8) is 0 Å². The standard InChI is InChI=1S/C14H12O2.C4H8.H3N/c15-13(11-7-3-1-4-8-11)14(16)12-9-5-2-6-10-12;1-4(2)3;/h1-10,13,15H;1H2,2-3H3;1H3. The Kier molecular flexibility index (Phi) is 8.62. The first-order valence-corrected chi connectivity index (χ1v) is 6.46. The molecule has 0 aromatic heterocycles. The lowest BCUT2D eigenvalue weighted by Crippen LogP contribution is -2.11. The van der Waals surface area contributed by atoms with Gasteiger partial charge in [-0.15, -0.1) is 6.58 Å². The molecule has 2 aromatic carbocycles. The van der Waals surface area contributed by atoms with Crippen molar-refractivity contribution in [2.75, 3.05) is 0 Å². The molecule has 3 nitrogen and oxygen atoms in total. The van der Waals surface area contributed by atoms with E-state index in [1.54, 1.807) is 48.5 Å². The van der Waals surface area contributed by atoms with Crippen molar-refractivity contribution in [3.8, 4) is 0 Å². The zero-order valence-electron chi connectivity index (χ0n) is 12.6. The number of hydrogen-bond acceptors (Lipinski definition) is 3. The zero-order valence-corrected chi connectivity index (χ0v) is 12.6. The van der Waals surface area contributed by atoms with Crippen LogP contribution in [-0.4, -0.2) is 10.9 Å². The Labute approximate surface area is 126 Å². The van der Waals surface area contributed by atoms with Gasteiger partial charge in [-0.1, -0.05) is 66.2 Å². The number of hydrogen-bond donors (Lipinski definition) is 2. The van der Waals surface area contributed by atoms with Crippen LogP contribution in [0.25, 0.3) is 0 Å². The second-order valence-electron chi connectivity index (χ2n) is 4.75. The molecular weight excluding hydrogens is 262 g/mol. The number of carbonyl (C=O) groups excluding carboxylic acids is 1. The van der Waals surface area contributed by atoms with Crippen LogP contribution in [0, 0.1) is 0 Å². The van der Waals surface area contributed by atoms with E-state index in [9.17, 15) is 9.90 Å². The minimum absolute atomic E-state index is 0. The first-order chi connectivity index (χ1) is 9.52. The quantitative estimate of drug-likeness (QED) is 0.650. The fraction of sp³-hybridized carbons (Fsp3) is 0.167. The maximum Gasteiger partial charge on any atom is 0.195 e. The highest BCUT2D eigenvalue weighted by molar-refractivity contribution is 5.99. The van der Waals surface area contributed by atoms with Gasteiger partial charge in [-0.2, -0.15) is 0 Å². The van der Waals surface area contributed by atoms with Crippen LogP contribution in [0.2, 0.25) is 0 Å². The van der Waals surface area contributed by atoms with Crippen molar-refractivity contribution in [2.45, 2.75) is 20.0 Å². The van der Waals surface area contributed by atoms with Crippen LogP contribution in [0.5, 0.6) is 0 Å². The van der Waals surface area contributed by atoms with Gasteiger partial charge in [0.05, 0.1) is 0 Å². The number of benzene rings is 2. The number of rotatable bonds is 3. The Morgan fingerprint density at radius 3 is 1.76 bits per heavy atom. The first kappa shape index (κ1) is 18.8. The van der Waals surface area contributed by atoms with Gasteiger partial charge in [-0.3, -0.25) is 4.79 Å². The highest BCUT2D eigenvalue weighted by atomic mass is 16.3. The summed E-state index contributed by atoms with van der Waals surface area (Å²) in [5.74, 6) is -0.271. The first-order valence-electron chi connectivity index (χ1n) is 6.46. The molecule has 0 aliphatic carbocycles. The Hall–Kier alpha value is -2.23. The van der Waals surface area contributed by atoms with Crippen LogP contribution in [0.4, 0.5) is 0 Å². The number of aliphatic hydroxyl groups excluding tert-OH is 1. The fourth-order valence-corrected chi connectivity index (χ4v) is 1.55. The smallest absolute Gasteiger partial charge is 0.195 e. The minimum Gasteiger partial charge on any atom is -0.380 e. The molecule has 0 heterocycles. The van der Waals surface area contributed by atoms with Gasteiger partial charge in [0.1, 0.15) is 6.10 Å². The maximum atomic E-state index is 11.9. The van der Waals surface area contributed by atoms with Crippen molar-refractivity contribution in [2.24, 2.45) is 0 Å². The van der Waals surface area contributed by atoms with E-state index in [2.05, 4.69) is 6.58 Å². The van der Waals surface area contributed by atoms with E-state index in [0.29, 0.717) is 11.1 Å². The molecule has 0 radical (unpaired) electrons. The van der Waals surface area contributed by atoms with E-state index in [-0.39, 0.29) is 11.9 Å². The van der Waals surface area contributed by atoms with Crippen molar-refractivity contribution < 1.29 is 9.90 Å². The lowest BCUT2D eigenvalue weighted by Gasteiger charge is -2.09. The van der Waals surface area contributed by atoms with E-state index in [4.69, 9.17) is 0 Å². The van der Waals surface area contributed by atoms with Crippen molar-refractivity contribution in [1.29, 1.82) is 0 Å². The summed E-state index contributed by atoms with van der Waals surface area (Å²) in [5.41, 5.74) is 2.32. The maximum absolute atomic E-state index is 11.9. The van der Waals surface area contributed by atoms with Gasteiger partial charge >= 0.3 is 0 Å². The van der Waals surface area contributed by atoms with Crippen LogP contribution in [0.1, 0.15) is 35.9 Å². The van der Waals surface area contributed by atoms with Gasteiger partial charge in [0, 0.05) is 5.56 Å². The summed E-state index contributed by atoms with van der Waals surface area (Å²) in [6.45, 7) is 7.50. The second kappa shape index (κ2) is 9.64. The Bertz CT molecular complexity index is 546. The summed E-state index contributed by atoms with van der Waals surface area (Å²) in [6, 6.07) is 17.7. The van der Waals surface area contributed by atoms with Crippen LogP contribution >= 0.6 is 0 Å². The Balaban J connectivity index is 0.000000715. The normalized spacial score (nSPS) is 10.4. The summed E-state index contributed by atoms with van der Waals surface area (Å²) in [6.07, 6.45) is -1.08. The predicted octanol–water partition coefficient (Wildman–Crippen LogP) is 4.35. The molecule has 2 aromatic rings. The average Bonchev–Trinajstić information content (AvgIpc) is 2.47. The molecule has 1 atom stereocenters. The van der Waals surface area contributed by atoms with Crippen LogP contribution in [0.3, 0.4) is 0 Å². The van der Waals surface area contributed by atoms with Crippen molar-refractivity contribution in [3.05, 3.63) is 83.9 Å². The lowest BCUT2D eigenvalue weighted by molar-refractivity contribution is 0.0747. The van der Waals surface area contributed by atoms with Crippen LogP contribution in [0.15, 0.2) is 72.8 Å². The molecule has 0 fully saturated rings. The van der Waals surface area contributed by atoms with E-state index in [1.165, 1.54) is 5.57 Å². The predicted molar refractivity (Wildman–Crippen MR) is 87.7 cm³/mol. The molecule has 3 heteroatoms. The minimum atomic E-state index is -1.08. The third-order valence-electron chi connectivity index (χ3n) is 2.42. The van der Waals surface area contributed by atoms with Gasteiger partial charge in [0.25, 0.3) is 0 Å². The molecule has 0 bridgehead atoms. The topological polar surface area (TPSA) is 72.3 Å². The Morgan fingerprint density at radius 1 is 0.952 bits per heavy atom. The summed E-state index contributed by atoms with van der Waals surface area (Å²) in [5, 5.41) is 9.89. The molecule has 2 rings (SSSR count). The van der Waals surface area contributed by atoms with Gasteiger partial charge in [0.2, 0.25) is 0 Å². The highest BCUT2D eigenvalue weighted by Gasteiger charge is 2.18. The molecule has 1 unspecified atom stereocenters. The fourth-order valence-electron chi connectivity index (χ4n) is 1.55. The molecule has 0 spiro atoms. The SMILES string of the molecule is C=C(C)C.N.O=C(c1ccccc1)C(O)c1ccccc1. The van der Waals surface area contributed by atoms with Crippen LogP contribution in [-0.2, 0) is 0 Å². The molecule has 0 aliphatic rings. The van der Waals surface area contributed by atoms with Gasteiger partial charge in [-0.25, -0.2) is 0 Å². The average molecular weight is 285 g/mol. The van der Waals surface area contributed by atoms with Crippen molar-refractivity contribution in [1.82, 2.24) is 6.15 Å². The van der Waals surface area contributed by atoms with E-state index < -0.39 is 6.10 Å². The third-order valence-corrected chi connectivity index (χ3v) is 2.42.